The molecule has 0 fully saturated rings. The molecule has 0 bridgehead atoms. The number of hydrogen-bond acceptors (Lipinski definition) is 0. The van der Waals surface area contributed by atoms with E-state index < -0.39 is 14.7 Å². The maximum absolute atomic E-state index is 3.31. The zero-order valence-electron chi connectivity index (χ0n) is 2.08. The SMILES string of the molecule is O.[Br][Bi]([Br])[Br]. The van der Waals surface area contributed by atoms with Gasteiger partial charge in [0.1, 0.15) is 0 Å². The molecule has 0 aromatic heterocycles. The summed E-state index contributed by atoms with van der Waals surface area (Å²) in [6.07, 6.45) is 0. The van der Waals surface area contributed by atoms with Gasteiger partial charge in [0.15, 0.2) is 0 Å². The predicted octanol–water partition coefficient (Wildman–Crippen LogP) is 1.33. The average Bonchev–Trinajstić information content (AvgIpc) is 0.811. The quantitative estimate of drug-likeness (QED) is 0.483. The molecule has 2 N–H and O–H groups in total. The van der Waals surface area contributed by atoms with Crippen LogP contribution in [0.5, 0.6) is 0 Å². The Morgan fingerprint density at radius 2 is 1.00 bits per heavy atom. The van der Waals surface area contributed by atoms with Crippen LogP contribution in [0, 0.1) is 0 Å². The van der Waals surface area contributed by atoms with Crippen molar-refractivity contribution in [2.75, 3.05) is 0 Å². The second kappa shape index (κ2) is 6.28. The summed E-state index contributed by atoms with van der Waals surface area (Å²) >= 11 is 8.77. The zero-order valence-corrected chi connectivity index (χ0v) is 10.3. The van der Waals surface area contributed by atoms with Gasteiger partial charge in [-0.3, -0.25) is 0 Å². The van der Waals surface area contributed by atoms with Crippen LogP contribution in [-0.4, -0.2) is 20.2 Å². The van der Waals surface area contributed by atoms with Gasteiger partial charge in [0.25, 0.3) is 0 Å². The molecule has 0 aromatic carbocycles. The normalized spacial score (nSPS) is 7.20. The van der Waals surface area contributed by atoms with E-state index in [1.165, 1.54) is 0 Å². The fraction of sp³-hybridized carbons (Fsp3) is 0. The van der Waals surface area contributed by atoms with Crippen LogP contribution in [0.2, 0.25) is 0 Å². The van der Waals surface area contributed by atoms with Gasteiger partial charge in [0, 0.05) is 0 Å². The van der Waals surface area contributed by atoms with Gasteiger partial charge in [-0.25, -0.2) is 0 Å². The van der Waals surface area contributed by atoms with Gasteiger partial charge in [0.05, 0.1) is 0 Å². The molecule has 5 heavy (non-hydrogen) atoms. The van der Waals surface area contributed by atoms with Crippen molar-refractivity contribution in [2.45, 2.75) is 0 Å². The van der Waals surface area contributed by atoms with Crippen molar-refractivity contribution >= 4 is 51.4 Å². The molecule has 0 aliphatic carbocycles. The van der Waals surface area contributed by atoms with Crippen molar-refractivity contribution in [1.82, 2.24) is 0 Å². The minimum atomic E-state index is -1.16. The van der Waals surface area contributed by atoms with Crippen LogP contribution in [0.25, 0.3) is 0 Å². The Hall–Kier alpha value is 2.28. The Kier molecular flexibility index (Phi) is 12.9. The first-order valence-electron chi connectivity index (χ1n) is 0.507. The van der Waals surface area contributed by atoms with E-state index in [4.69, 9.17) is 0 Å². The molecule has 0 atom stereocenters. The summed E-state index contributed by atoms with van der Waals surface area (Å²) in [5.41, 5.74) is 0. The fourth-order valence-corrected chi connectivity index (χ4v) is 0. The summed E-state index contributed by atoms with van der Waals surface area (Å²) in [5.74, 6) is 0. The minimum absolute atomic E-state index is 0. The van der Waals surface area contributed by atoms with E-state index in [0.29, 0.717) is 0 Å². The molecule has 0 aromatic rings. The number of halogens is 3. The molecule has 0 heterocycles. The van der Waals surface area contributed by atoms with Crippen molar-refractivity contribution < 1.29 is 5.48 Å². The molecule has 1 nitrogen and oxygen atoms in total. The molecule has 5 heteroatoms. The Balaban J connectivity index is 0. The van der Waals surface area contributed by atoms with Gasteiger partial charge in [-0.15, -0.1) is 0 Å². The molecule has 0 radical (unpaired) electrons. The van der Waals surface area contributed by atoms with Crippen LogP contribution < -0.4 is 0 Å². The Bertz CT molecular complexity index is 11.6. The van der Waals surface area contributed by atoms with Gasteiger partial charge in [0.2, 0.25) is 0 Å². The molecule has 0 aliphatic heterocycles. The summed E-state index contributed by atoms with van der Waals surface area (Å²) in [7, 11) is 0. The third-order valence-electron chi connectivity index (χ3n) is 0. The first-order chi connectivity index (χ1) is 1.73. The first-order valence-corrected chi connectivity index (χ1v) is 23.1. The molecule has 0 amide bonds. The van der Waals surface area contributed by atoms with Crippen LogP contribution in [0.15, 0.2) is 0 Å². The molecule has 0 aliphatic rings. The van der Waals surface area contributed by atoms with Crippen LogP contribution in [-0.2, 0) is 0 Å². The van der Waals surface area contributed by atoms with Gasteiger partial charge in [-0.2, -0.15) is 0 Å². The number of rotatable bonds is 0. The van der Waals surface area contributed by atoms with E-state index in [9.17, 15) is 0 Å². The molecule has 0 spiro atoms. The zero-order chi connectivity index (χ0) is 3.58. The Labute approximate surface area is 55.8 Å². The molecule has 0 saturated carbocycles. The van der Waals surface area contributed by atoms with Crippen LogP contribution >= 0.6 is 36.7 Å². The topological polar surface area (TPSA) is 31.5 Å². The molecular formula is H2BiBr3O. The van der Waals surface area contributed by atoms with Crippen LogP contribution in [0.1, 0.15) is 0 Å². The van der Waals surface area contributed by atoms with Gasteiger partial charge >= 0.3 is 51.4 Å². The van der Waals surface area contributed by atoms with Crippen molar-refractivity contribution in [2.24, 2.45) is 0 Å². The standard InChI is InChI=1S/Bi.3BrH.H2O/h;3*1H;1H2/q+3;;;;/p-3. The van der Waals surface area contributed by atoms with E-state index in [1.807, 2.05) is 0 Å². The third kappa shape index (κ3) is 22.1. The van der Waals surface area contributed by atoms with Gasteiger partial charge < -0.3 is 5.48 Å². The fourth-order valence-electron chi connectivity index (χ4n) is 0. The predicted molar refractivity (Wildman–Crippen MR) is 36.1 cm³/mol. The van der Waals surface area contributed by atoms with Crippen molar-refractivity contribution in [3.05, 3.63) is 0 Å². The summed E-state index contributed by atoms with van der Waals surface area (Å²) in [4.78, 5) is 0. The second-order valence-corrected chi connectivity index (χ2v) is 45.4. The summed E-state index contributed by atoms with van der Waals surface area (Å²) in [5, 5.41) is 0. The molecular weight excluding hydrogens is 465 g/mol. The van der Waals surface area contributed by atoms with E-state index >= 15 is 0 Å². The van der Waals surface area contributed by atoms with E-state index in [0.717, 1.165) is 0 Å². The summed E-state index contributed by atoms with van der Waals surface area (Å²) < 4.78 is 0. The van der Waals surface area contributed by atoms with Gasteiger partial charge in [-0.1, -0.05) is 0 Å². The van der Waals surface area contributed by atoms with E-state index in [2.05, 4.69) is 36.7 Å². The second-order valence-electron chi connectivity index (χ2n) is 0.192. The molecule has 0 unspecified atom stereocenters. The van der Waals surface area contributed by atoms with Crippen molar-refractivity contribution in [3.8, 4) is 0 Å². The van der Waals surface area contributed by atoms with Crippen molar-refractivity contribution in [3.63, 3.8) is 0 Å². The Morgan fingerprint density at radius 3 is 1.00 bits per heavy atom. The van der Waals surface area contributed by atoms with Gasteiger partial charge in [-0.05, 0) is 0 Å². The average molecular weight is 467 g/mol. The molecule has 34 valence electrons. The number of hydrogen-bond donors (Lipinski definition) is 0. The van der Waals surface area contributed by atoms with Crippen LogP contribution in [0.3, 0.4) is 0 Å². The van der Waals surface area contributed by atoms with E-state index in [-0.39, 0.29) is 5.48 Å². The molecule has 0 saturated heterocycles. The molecule has 0 rings (SSSR count). The van der Waals surface area contributed by atoms with Crippen molar-refractivity contribution in [1.29, 1.82) is 0 Å². The monoisotopic (exact) mass is 464 g/mol. The summed E-state index contributed by atoms with van der Waals surface area (Å²) in [6.45, 7) is 0. The summed E-state index contributed by atoms with van der Waals surface area (Å²) in [6, 6.07) is 0. The Morgan fingerprint density at radius 1 is 1.00 bits per heavy atom. The van der Waals surface area contributed by atoms with E-state index in [1.54, 1.807) is 0 Å². The third-order valence-corrected chi connectivity index (χ3v) is 0. The first kappa shape index (κ1) is 10.3. The van der Waals surface area contributed by atoms with Crippen LogP contribution in [0.4, 0.5) is 0 Å². The maximum atomic E-state index is 3.31.